The van der Waals surface area contributed by atoms with Crippen LogP contribution in [0, 0.1) is 0 Å². The van der Waals surface area contributed by atoms with Gasteiger partial charge >= 0.3 is 5.97 Å². The number of esters is 1. The van der Waals surface area contributed by atoms with Crippen molar-refractivity contribution >= 4 is 5.97 Å². The van der Waals surface area contributed by atoms with Crippen molar-refractivity contribution in [3.05, 3.63) is 29.3 Å². The Labute approximate surface area is 133 Å². The Hall–Kier alpha value is -1.55. The minimum atomic E-state index is -0.345. The number of carbonyl (C=O) groups excluding carboxylic acids is 1. The lowest BCUT2D eigenvalue weighted by molar-refractivity contribution is 0.0595. The van der Waals surface area contributed by atoms with E-state index in [1.807, 2.05) is 18.2 Å². The fourth-order valence-corrected chi connectivity index (χ4v) is 2.68. The first-order chi connectivity index (χ1) is 10.4. The highest BCUT2D eigenvalue weighted by Gasteiger charge is 2.20. The van der Waals surface area contributed by atoms with Crippen LogP contribution in [0.15, 0.2) is 18.2 Å². The van der Waals surface area contributed by atoms with Gasteiger partial charge in [0.15, 0.2) is 0 Å². The van der Waals surface area contributed by atoms with Crippen molar-refractivity contribution in [3.8, 4) is 5.75 Å². The molecule has 1 saturated heterocycles. The van der Waals surface area contributed by atoms with E-state index < -0.39 is 0 Å². The molecule has 0 aliphatic carbocycles. The number of rotatable bonds is 5. The van der Waals surface area contributed by atoms with Crippen LogP contribution in [0.2, 0.25) is 0 Å². The number of carbonyl (C=O) groups is 1. The highest BCUT2D eigenvalue weighted by molar-refractivity contribution is 5.92. The fraction of sp³-hybridized carbons (Fsp3) is 0.611. The summed E-state index contributed by atoms with van der Waals surface area (Å²) in [6, 6.07) is 5.80. The van der Waals surface area contributed by atoms with Crippen LogP contribution < -0.4 is 4.74 Å². The zero-order valence-corrected chi connectivity index (χ0v) is 14.1. The maximum Gasteiger partial charge on any atom is 0.341 e. The molecular formula is C18H27NO3. The van der Waals surface area contributed by atoms with Gasteiger partial charge in [0.1, 0.15) is 17.9 Å². The summed E-state index contributed by atoms with van der Waals surface area (Å²) in [5.74, 6) is 0.265. The van der Waals surface area contributed by atoms with E-state index >= 15 is 0 Å². The van der Waals surface area contributed by atoms with Crippen molar-refractivity contribution < 1.29 is 14.3 Å². The Morgan fingerprint density at radius 3 is 2.50 bits per heavy atom. The molecule has 0 atom stereocenters. The predicted molar refractivity (Wildman–Crippen MR) is 87.7 cm³/mol. The first-order valence-electron chi connectivity index (χ1n) is 8.00. The van der Waals surface area contributed by atoms with Gasteiger partial charge in [-0.05, 0) is 49.0 Å². The lowest BCUT2D eigenvalue weighted by Crippen LogP contribution is -2.25. The Morgan fingerprint density at radius 1 is 1.23 bits per heavy atom. The highest BCUT2D eigenvalue weighted by Crippen LogP contribution is 2.28. The van der Waals surface area contributed by atoms with Crippen molar-refractivity contribution in [3.63, 3.8) is 0 Å². The predicted octanol–water partition coefficient (Wildman–Crippen LogP) is 3.25. The Bertz CT molecular complexity index is 514. The smallest absolute Gasteiger partial charge is 0.341 e. The fourth-order valence-electron chi connectivity index (χ4n) is 2.68. The minimum Gasteiger partial charge on any atom is -0.491 e. The molecule has 1 fully saturated rings. The number of likely N-dealkylation sites (tertiary alicyclic amines) is 1. The van der Waals surface area contributed by atoms with Crippen molar-refractivity contribution in [2.24, 2.45) is 0 Å². The quantitative estimate of drug-likeness (QED) is 0.783. The Balaban J connectivity index is 2.09. The third-order valence-corrected chi connectivity index (χ3v) is 4.11. The van der Waals surface area contributed by atoms with Gasteiger partial charge in [0.05, 0.1) is 7.11 Å². The molecule has 1 aromatic carbocycles. The van der Waals surface area contributed by atoms with Crippen LogP contribution in [0.3, 0.4) is 0 Å². The van der Waals surface area contributed by atoms with Crippen molar-refractivity contribution in [1.82, 2.24) is 4.90 Å². The zero-order chi connectivity index (χ0) is 16.2. The molecule has 0 amide bonds. The summed E-state index contributed by atoms with van der Waals surface area (Å²) in [7, 11) is 1.40. The SMILES string of the molecule is COC(=O)c1cc(C(C)(C)C)ccc1OCCN1CCCC1. The van der Waals surface area contributed by atoms with Gasteiger partial charge in [-0.3, -0.25) is 4.90 Å². The molecule has 22 heavy (non-hydrogen) atoms. The number of nitrogens with zero attached hydrogens (tertiary/aromatic N) is 1. The zero-order valence-electron chi connectivity index (χ0n) is 14.1. The van der Waals surface area contributed by atoms with Gasteiger partial charge in [-0.1, -0.05) is 26.8 Å². The van der Waals surface area contributed by atoms with Gasteiger partial charge in [-0.15, -0.1) is 0 Å². The molecule has 0 unspecified atom stereocenters. The number of methoxy groups -OCH3 is 1. The molecule has 1 heterocycles. The van der Waals surface area contributed by atoms with Crippen molar-refractivity contribution in [2.75, 3.05) is 33.4 Å². The van der Waals surface area contributed by atoms with Gasteiger partial charge in [0.25, 0.3) is 0 Å². The average Bonchev–Trinajstić information content (AvgIpc) is 2.99. The molecule has 2 rings (SSSR count). The van der Waals surface area contributed by atoms with Crippen LogP contribution in [0.1, 0.15) is 49.5 Å². The maximum absolute atomic E-state index is 12.0. The molecule has 0 aromatic heterocycles. The number of ether oxygens (including phenoxy) is 2. The molecule has 122 valence electrons. The van der Waals surface area contributed by atoms with Crippen LogP contribution in [-0.4, -0.2) is 44.2 Å². The number of benzene rings is 1. The summed E-state index contributed by atoms with van der Waals surface area (Å²) in [6.07, 6.45) is 2.54. The summed E-state index contributed by atoms with van der Waals surface area (Å²) in [6.45, 7) is 10.2. The largest absolute Gasteiger partial charge is 0.491 e. The van der Waals surface area contributed by atoms with Crippen LogP contribution in [-0.2, 0) is 10.2 Å². The summed E-state index contributed by atoms with van der Waals surface area (Å²) in [5.41, 5.74) is 1.59. The van der Waals surface area contributed by atoms with Crippen molar-refractivity contribution in [1.29, 1.82) is 0 Å². The molecule has 1 aliphatic rings. The number of hydrogen-bond acceptors (Lipinski definition) is 4. The maximum atomic E-state index is 12.0. The third kappa shape index (κ3) is 4.23. The van der Waals surface area contributed by atoms with Gasteiger partial charge in [-0.25, -0.2) is 4.79 Å². The van der Waals surface area contributed by atoms with E-state index in [9.17, 15) is 4.79 Å². The summed E-state index contributed by atoms with van der Waals surface area (Å²) in [5, 5.41) is 0. The standard InChI is InChI=1S/C18H27NO3/c1-18(2,3)14-7-8-16(15(13-14)17(20)21-4)22-12-11-19-9-5-6-10-19/h7-8,13H,5-6,9-12H2,1-4H3. The average molecular weight is 305 g/mol. The van der Waals surface area contributed by atoms with E-state index in [0.717, 1.165) is 25.2 Å². The molecule has 0 spiro atoms. The molecule has 1 aliphatic heterocycles. The molecule has 0 N–H and O–H groups in total. The second kappa shape index (κ2) is 7.14. The lowest BCUT2D eigenvalue weighted by atomic mass is 9.86. The molecule has 0 saturated carbocycles. The highest BCUT2D eigenvalue weighted by atomic mass is 16.5. The van der Waals surface area contributed by atoms with Crippen LogP contribution in [0.5, 0.6) is 5.75 Å². The summed E-state index contributed by atoms with van der Waals surface area (Å²) in [4.78, 5) is 14.4. The van der Waals surface area contributed by atoms with E-state index in [1.54, 1.807) is 0 Å². The first-order valence-corrected chi connectivity index (χ1v) is 8.00. The van der Waals surface area contributed by atoms with E-state index in [-0.39, 0.29) is 11.4 Å². The van der Waals surface area contributed by atoms with Crippen LogP contribution >= 0.6 is 0 Å². The van der Waals surface area contributed by atoms with Crippen LogP contribution in [0.4, 0.5) is 0 Å². The van der Waals surface area contributed by atoms with Gasteiger partial charge in [-0.2, -0.15) is 0 Å². The van der Waals surface area contributed by atoms with Gasteiger partial charge in [0, 0.05) is 6.54 Å². The van der Waals surface area contributed by atoms with E-state index in [4.69, 9.17) is 9.47 Å². The molecule has 1 aromatic rings. The summed E-state index contributed by atoms with van der Waals surface area (Å²) < 4.78 is 10.7. The topological polar surface area (TPSA) is 38.8 Å². The monoisotopic (exact) mass is 305 g/mol. The molecule has 4 nitrogen and oxygen atoms in total. The van der Waals surface area contributed by atoms with Crippen molar-refractivity contribution in [2.45, 2.75) is 39.0 Å². The van der Waals surface area contributed by atoms with Gasteiger partial charge < -0.3 is 9.47 Å². The second-order valence-corrected chi connectivity index (χ2v) is 6.85. The molecular weight excluding hydrogens is 278 g/mol. The van der Waals surface area contributed by atoms with E-state index in [2.05, 4.69) is 25.7 Å². The van der Waals surface area contributed by atoms with Crippen LogP contribution in [0.25, 0.3) is 0 Å². The normalized spacial score (nSPS) is 15.8. The first kappa shape index (κ1) is 16.8. The molecule has 0 radical (unpaired) electrons. The second-order valence-electron chi connectivity index (χ2n) is 6.85. The van der Waals surface area contributed by atoms with E-state index in [0.29, 0.717) is 17.9 Å². The Morgan fingerprint density at radius 2 is 1.91 bits per heavy atom. The third-order valence-electron chi connectivity index (χ3n) is 4.11. The van der Waals surface area contributed by atoms with E-state index in [1.165, 1.54) is 20.0 Å². The minimum absolute atomic E-state index is 0.0170. The molecule has 0 bridgehead atoms. The van der Waals surface area contributed by atoms with Gasteiger partial charge in [0.2, 0.25) is 0 Å². The molecule has 4 heteroatoms. The lowest BCUT2D eigenvalue weighted by Gasteiger charge is -2.21. The number of hydrogen-bond donors (Lipinski definition) is 0. The summed E-state index contributed by atoms with van der Waals surface area (Å²) >= 11 is 0. The Kier molecular flexibility index (Phi) is 5.46.